The molecular formula is C14H16N4O2. The zero-order valence-corrected chi connectivity index (χ0v) is 11.0. The lowest BCUT2D eigenvalue weighted by molar-refractivity contribution is -0.389. The van der Waals surface area contributed by atoms with Crippen LogP contribution in [-0.4, -0.2) is 23.0 Å². The molecule has 0 bridgehead atoms. The largest absolute Gasteiger partial charge is 0.363 e. The number of nitro groups is 1. The summed E-state index contributed by atoms with van der Waals surface area (Å²) >= 11 is 0. The lowest BCUT2D eigenvalue weighted by atomic mass is 10.2. The van der Waals surface area contributed by atoms with Crippen LogP contribution in [0, 0.1) is 10.1 Å². The number of pyridine rings is 1. The maximum absolute atomic E-state index is 10.6. The first-order valence-electron chi connectivity index (χ1n) is 6.30. The van der Waals surface area contributed by atoms with Gasteiger partial charge in [-0.05, 0) is 21.5 Å². The van der Waals surface area contributed by atoms with E-state index < -0.39 is 4.92 Å². The van der Waals surface area contributed by atoms with Crippen LogP contribution in [0.25, 0.3) is 0 Å². The van der Waals surface area contributed by atoms with Crippen LogP contribution in [0.2, 0.25) is 0 Å². The average Bonchev–Trinajstić information content (AvgIpc) is 2.48. The second-order valence-corrected chi connectivity index (χ2v) is 4.33. The maximum atomic E-state index is 10.6. The van der Waals surface area contributed by atoms with Crippen molar-refractivity contribution in [1.29, 1.82) is 0 Å². The number of benzene rings is 1. The van der Waals surface area contributed by atoms with Crippen molar-refractivity contribution in [1.82, 2.24) is 4.98 Å². The van der Waals surface area contributed by atoms with E-state index >= 15 is 0 Å². The Balaban J connectivity index is 2.17. The summed E-state index contributed by atoms with van der Waals surface area (Å²) in [6.45, 7) is 1.86. The highest BCUT2D eigenvalue weighted by Crippen LogP contribution is 2.18. The van der Waals surface area contributed by atoms with Gasteiger partial charge in [0.25, 0.3) is 0 Å². The zero-order valence-electron chi connectivity index (χ0n) is 11.0. The Hall–Kier alpha value is -2.47. The lowest BCUT2D eigenvalue weighted by Crippen LogP contribution is -2.29. The van der Waals surface area contributed by atoms with Gasteiger partial charge in [0, 0.05) is 25.7 Å². The molecule has 104 valence electrons. The molecule has 2 aromatic rings. The number of nitrogens with two attached hydrogens (primary N) is 1. The quantitative estimate of drug-likeness (QED) is 0.641. The van der Waals surface area contributed by atoms with Crippen molar-refractivity contribution in [2.75, 3.05) is 18.0 Å². The van der Waals surface area contributed by atoms with Crippen molar-refractivity contribution in [2.24, 2.45) is 5.73 Å². The summed E-state index contributed by atoms with van der Waals surface area (Å²) < 4.78 is 0. The van der Waals surface area contributed by atoms with Gasteiger partial charge in [0.15, 0.2) is 6.20 Å². The number of hydrogen-bond acceptors (Lipinski definition) is 5. The van der Waals surface area contributed by atoms with E-state index in [-0.39, 0.29) is 5.82 Å². The third-order valence-corrected chi connectivity index (χ3v) is 2.90. The Labute approximate surface area is 117 Å². The number of aromatic nitrogens is 1. The highest BCUT2D eigenvalue weighted by molar-refractivity contribution is 5.47. The second-order valence-electron chi connectivity index (χ2n) is 4.33. The van der Waals surface area contributed by atoms with Gasteiger partial charge >= 0.3 is 5.82 Å². The molecule has 0 saturated carbocycles. The van der Waals surface area contributed by atoms with Crippen molar-refractivity contribution in [3.8, 4) is 0 Å². The average molecular weight is 272 g/mol. The predicted octanol–water partition coefficient (Wildman–Crippen LogP) is 1.96. The molecule has 0 amide bonds. The van der Waals surface area contributed by atoms with Gasteiger partial charge in [0.05, 0.1) is 5.69 Å². The van der Waals surface area contributed by atoms with Gasteiger partial charge in [-0.15, -0.1) is 0 Å². The van der Waals surface area contributed by atoms with Gasteiger partial charge in [0.2, 0.25) is 0 Å². The molecule has 2 rings (SSSR count). The Morgan fingerprint density at radius 3 is 2.50 bits per heavy atom. The first kappa shape index (κ1) is 14.0. The van der Waals surface area contributed by atoms with Crippen molar-refractivity contribution >= 4 is 11.5 Å². The first-order valence-corrected chi connectivity index (χ1v) is 6.30. The molecule has 6 heteroatoms. The summed E-state index contributed by atoms with van der Waals surface area (Å²) in [4.78, 5) is 16.0. The standard InChI is InChI=1S/C14H16N4O2/c15-8-9-17(11-12-4-2-1-3-5-12)13-6-7-14(16-10-13)18(19)20/h1-7,10H,8-9,11,15H2. The molecule has 0 aliphatic carbocycles. The fourth-order valence-corrected chi connectivity index (χ4v) is 1.93. The van der Waals surface area contributed by atoms with Crippen molar-refractivity contribution in [2.45, 2.75) is 6.54 Å². The predicted molar refractivity (Wildman–Crippen MR) is 77.4 cm³/mol. The van der Waals surface area contributed by atoms with E-state index in [0.717, 1.165) is 11.3 Å². The Bertz CT molecular complexity index is 557. The van der Waals surface area contributed by atoms with E-state index in [2.05, 4.69) is 4.98 Å². The van der Waals surface area contributed by atoms with Crippen LogP contribution in [0.3, 0.4) is 0 Å². The van der Waals surface area contributed by atoms with Crippen LogP contribution in [0.1, 0.15) is 5.56 Å². The summed E-state index contributed by atoms with van der Waals surface area (Å²) in [6, 6.07) is 13.1. The van der Waals surface area contributed by atoms with Gasteiger partial charge in [-0.1, -0.05) is 30.3 Å². The van der Waals surface area contributed by atoms with Gasteiger partial charge < -0.3 is 20.7 Å². The van der Waals surface area contributed by atoms with E-state index in [1.54, 1.807) is 6.07 Å². The summed E-state index contributed by atoms with van der Waals surface area (Å²) in [7, 11) is 0. The fourth-order valence-electron chi connectivity index (χ4n) is 1.93. The molecule has 0 aliphatic heterocycles. The summed E-state index contributed by atoms with van der Waals surface area (Å²) in [5, 5.41) is 10.6. The molecular weight excluding hydrogens is 256 g/mol. The highest BCUT2D eigenvalue weighted by atomic mass is 16.6. The number of hydrogen-bond donors (Lipinski definition) is 1. The molecule has 1 aromatic carbocycles. The van der Waals surface area contributed by atoms with Crippen LogP contribution in [-0.2, 0) is 6.54 Å². The maximum Gasteiger partial charge on any atom is 0.363 e. The van der Waals surface area contributed by atoms with E-state index in [0.29, 0.717) is 19.6 Å². The normalized spacial score (nSPS) is 10.2. The van der Waals surface area contributed by atoms with Crippen molar-refractivity contribution in [3.63, 3.8) is 0 Å². The highest BCUT2D eigenvalue weighted by Gasteiger charge is 2.11. The third-order valence-electron chi connectivity index (χ3n) is 2.90. The van der Waals surface area contributed by atoms with Crippen LogP contribution >= 0.6 is 0 Å². The number of rotatable bonds is 6. The van der Waals surface area contributed by atoms with E-state index in [1.165, 1.54) is 12.3 Å². The van der Waals surface area contributed by atoms with Crippen molar-refractivity contribution in [3.05, 3.63) is 64.3 Å². The molecule has 2 N–H and O–H groups in total. The van der Waals surface area contributed by atoms with Crippen LogP contribution in [0.15, 0.2) is 48.7 Å². The second kappa shape index (κ2) is 6.63. The lowest BCUT2D eigenvalue weighted by Gasteiger charge is -2.23. The summed E-state index contributed by atoms with van der Waals surface area (Å²) in [5.74, 6) is -0.152. The summed E-state index contributed by atoms with van der Waals surface area (Å²) in [6.07, 6.45) is 1.51. The van der Waals surface area contributed by atoms with E-state index in [4.69, 9.17) is 5.73 Å². The topological polar surface area (TPSA) is 85.3 Å². The third kappa shape index (κ3) is 3.52. The molecule has 0 atom stereocenters. The molecule has 1 heterocycles. The van der Waals surface area contributed by atoms with Gasteiger partial charge in [0.1, 0.15) is 0 Å². The van der Waals surface area contributed by atoms with Crippen LogP contribution in [0.5, 0.6) is 0 Å². The minimum Gasteiger partial charge on any atom is -0.363 e. The minimum absolute atomic E-state index is 0.152. The number of anilines is 1. The smallest absolute Gasteiger partial charge is 0.363 e. The van der Waals surface area contributed by atoms with Gasteiger partial charge in [-0.3, -0.25) is 0 Å². The molecule has 20 heavy (non-hydrogen) atoms. The molecule has 6 nitrogen and oxygen atoms in total. The Morgan fingerprint density at radius 1 is 1.20 bits per heavy atom. The van der Waals surface area contributed by atoms with Crippen LogP contribution in [0.4, 0.5) is 11.5 Å². The Morgan fingerprint density at radius 2 is 1.95 bits per heavy atom. The van der Waals surface area contributed by atoms with E-state index in [9.17, 15) is 10.1 Å². The molecule has 0 saturated heterocycles. The van der Waals surface area contributed by atoms with Crippen molar-refractivity contribution < 1.29 is 4.92 Å². The Kier molecular flexibility index (Phi) is 4.62. The fraction of sp³-hybridized carbons (Fsp3) is 0.214. The zero-order chi connectivity index (χ0) is 14.4. The van der Waals surface area contributed by atoms with Gasteiger partial charge in [-0.25, -0.2) is 0 Å². The molecule has 0 spiro atoms. The SMILES string of the molecule is NCCN(Cc1ccccc1)c1ccc([N+](=O)[O-])nc1. The molecule has 0 radical (unpaired) electrons. The first-order chi connectivity index (χ1) is 9.70. The van der Waals surface area contributed by atoms with Gasteiger partial charge in [-0.2, -0.15) is 0 Å². The molecule has 0 unspecified atom stereocenters. The molecule has 0 aliphatic rings. The minimum atomic E-state index is -0.506. The van der Waals surface area contributed by atoms with E-state index in [1.807, 2.05) is 35.2 Å². The molecule has 1 aromatic heterocycles. The number of nitrogens with zero attached hydrogens (tertiary/aromatic N) is 3. The van der Waals surface area contributed by atoms with Crippen LogP contribution < -0.4 is 10.6 Å². The summed E-state index contributed by atoms with van der Waals surface area (Å²) in [5.41, 5.74) is 7.60. The molecule has 0 fully saturated rings. The monoisotopic (exact) mass is 272 g/mol.